The van der Waals surface area contributed by atoms with Crippen LogP contribution in [0.1, 0.15) is 5.56 Å². The zero-order valence-corrected chi connectivity index (χ0v) is 11.2. The lowest BCUT2D eigenvalue weighted by molar-refractivity contribution is 1.29. The first-order valence-electron chi connectivity index (χ1n) is 4.86. The Hall–Kier alpha value is -0.960. The van der Waals surface area contributed by atoms with Gasteiger partial charge in [0.05, 0.1) is 21.4 Å². The molecule has 0 saturated heterocycles. The zero-order chi connectivity index (χ0) is 12.6. The molecule has 0 bridgehead atoms. The van der Waals surface area contributed by atoms with Crippen LogP contribution in [-0.4, -0.2) is 4.98 Å². The molecule has 0 spiro atoms. The number of aryl methyl sites for hydroxylation is 1. The minimum atomic E-state index is 0.437. The molecule has 0 amide bonds. The van der Waals surface area contributed by atoms with Crippen molar-refractivity contribution in [3.63, 3.8) is 0 Å². The van der Waals surface area contributed by atoms with Gasteiger partial charge in [0.1, 0.15) is 0 Å². The van der Waals surface area contributed by atoms with Crippen LogP contribution in [0.2, 0.25) is 15.1 Å². The van der Waals surface area contributed by atoms with E-state index in [-0.39, 0.29) is 0 Å². The summed E-state index contributed by atoms with van der Waals surface area (Å²) in [6.45, 7) is 1.90. The maximum absolute atomic E-state index is 6.13. The minimum Gasteiger partial charge on any atom is -0.397 e. The lowest BCUT2D eigenvalue weighted by atomic mass is 10.1. The van der Waals surface area contributed by atoms with Crippen LogP contribution in [0.5, 0.6) is 0 Å². The molecule has 0 saturated carbocycles. The fourth-order valence-corrected chi connectivity index (χ4v) is 2.53. The molecule has 0 radical (unpaired) electrons. The third-order valence-corrected chi connectivity index (χ3v) is 3.27. The molecular weight excluding hydrogens is 279 g/mol. The summed E-state index contributed by atoms with van der Waals surface area (Å²) in [7, 11) is 0. The fraction of sp³-hybridized carbons (Fsp3) is 0.0833. The summed E-state index contributed by atoms with van der Waals surface area (Å²) in [4.78, 5) is 4.22. The highest BCUT2D eigenvalue weighted by Crippen LogP contribution is 2.39. The van der Waals surface area contributed by atoms with E-state index in [0.29, 0.717) is 32.0 Å². The van der Waals surface area contributed by atoms with Crippen LogP contribution >= 0.6 is 34.8 Å². The number of nitrogens with two attached hydrogens (primary N) is 1. The molecule has 0 fully saturated rings. The molecule has 0 atom stereocenters. The number of nitrogen functional groups attached to an aromatic ring is 1. The Morgan fingerprint density at radius 3 is 2.29 bits per heavy atom. The molecule has 0 unspecified atom stereocenters. The summed E-state index contributed by atoms with van der Waals surface area (Å²) in [5, 5.41) is 1.36. The van der Waals surface area contributed by atoms with Crippen molar-refractivity contribution >= 4 is 40.5 Å². The number of hydrogen-bond acceptors (Lipinski definition) is 2. The SMILES string of the molecule is Cc1ccnc(-c2c(Cl)cc(Cl)cc2Cl)c1N. The predicted molar refractivity (Wildman–Crippen MR) is 73.9 cm³/mol. The Morgan fingerprint density at radius 2 is 1.71 bits per heavy atom. The molecule has 17 heavy (non-hydrogen) atoms. The van der Waals surface area contributed by atoms with Gasteiger partial charge in [-0.1, -0.05) is 34.8 Å². The molecule has 2 aromatic rings. The van der Waals surface area contributed by atoms with Crippen LogP contribution in [0.25, 0.3) is 11.3 Å². The topological polar surface area (TPSA) is 38.9 Å². The number of benzene rings is 1. The molecule has 88 valence electrons. The number of pyridine rings is 1. The zero-order valence-electron chi connectivity index (χ0n) is 8.97. The van der Waals surface area contributed by atoms with Gasteiger partial charge in [0.15, 0.2) is 0 Å². The second-order valence-corrected chi connectivity index (χ2v) is 4.89. The van der Waals surface area contributed by atoms with E-state index in [0.717, 1.165) is 5.56 Å². The van der Waals surface area contributed by atoms with Gasteiger partial charge in [-0.3, -0.25) is 4.98 Å². The summed E-state index contributed by atoms with van der Waals surface area (Å²) < 4.78 is 0. The third kappa shape index (κ3) is 2.34. The number of hydrogen-bond donors (Lipinski definition) is 1. The number of anilines is 1. The Bertz CT molecular complexity index is 559. The fourth-order valence-electron chi connectivity index (χ4n) is 1.54. The first kappa shape index (κ1) is 12.5. The maximum atomic E-state index is 6.13. The van der Waals surface area contributed by atoms with Crippen molar-refractivity contribution in [3.8, 4) is 11.3 Å². The predicted octanol–water partition coefficient (Wildman–Crippen LogP) is 4.60. The summed E-state index contributed by atoms with van der Waals surface area (Å²) >= 11 is 18.1. The summed E-state index contributed by atoms with van der Waals surface area (Å²) in [6.07, 6.45) is 1.67. The number of halogens is 3. The van der Waals surface area contributed by atoms with Gasteiger partial charge in [0, 0.05) is 16.8 Å². The van der Waals surface area contributed by atoms with Crippen LogP contribution in [0, 0.1) is 6.92 Å². The van der Waals surface area contributed by atoms with E-state index in [2.05, 4.69) is 4.98 Å². The van der Waals surface area contributed by atoms with Crippen LogP contribution in [0.3, 0.4) is 0 Å². The first-order chi connectivity index (χ1) is 8.00. The van der Waals surface area contributed by atoms with E-state index in [9.17, 15) is 0 Å². The van der Waals surface area contributed by atoms with Gasteiger partial charge in [-0.05, 0) is 30.7 Å². The Morgan fingerprint density at radius 1 is 1.12 bits per heavy atom. The van der Waals surface area contributed by atoms with E-state index in [1.807, 2.05) is 13.0 Å². The van der Waals surface area contributed by atoms with Crippen molar-refractivity contribution in [2.45, 2.75) is 6.92 Å². The van der Waals surface area contributed by atoms with Crippen LogP contribution in [0.15, 0.2) is 24.4 Å². The van der Waals surface area contributed by atoms with Gasteiger partial charge in [0.2, 0.25) is 0 Å². The first-order valence-corrected chi connectivity index (χ1v) is 6.00. The Balaban J connectivity index is 2.73. The smallest absolute Gasteiger partial charge is 0.0963 e. The number of rotatable bonds is 1. The van der Waals surface area contributed by atoms with Crippen LogP contribution in [-0.2, 0) is 0 Å². The third-order valence-electron chi connectivity index (χ3n) is 2.45. The highest BCUT2D eigenvalue weighted by Gasteiger charge is 2.14. The van der Waals surface area contributed by atoms with Crippen molar-refractivity contribution in [3.05, 3.63) is 45.0 Å². The largest absolute Gasteiger partial charge is 0.397 e. The van der Waals surface area contributed by atoms with E-state index < -0.39 is 0 Å². The Labute approximate surface area is 114 Å². The average molecular weight is 288 g/mol. The van der Waals surface area contributed by atoms with Crippen molar-refractivity contribution in [2.24, 2.45) is 0 Å². The average Bonchev–Trinajstić information content (AvgIpc) is 2.23. The summed E-state index contributed by atoms with van der Waals surface area (Å²) in [5.74, 6) is 0. The van der Waals surface area contributed by atoms with Gasteiger partial charge in [-0.15, -0.1) is 0 Å². The number of aromatic nitrogens is 1. The molecule has 0 aliphatic rings. The molecule has 2 rings (SSSR count). The summed E-state index contributed by atoms with van der Waals surface area (Å²) in [6, 6.07) is 5.07. The number of nitrogens with zero attached hydrogens (tertiary/aromatic N) is 1. The second kappa shape index (κ2) is 4.73. The highest BCUT2D eigenvalue weighted by atomic mass is 35.5. The standard InChI is InChI=1S/C12H9Cl3N2/c1-6-2-3-17-12(11(6)16)10-8(14)4-7(13)5-9(10)15/h2-5H,16H2,1H3. The van der Waals surface area contributed by atoms with Gasteiger partial charge >= 0.3 is 0 Å². The lowest BCUT2D eigenvalue weighted by Gasteiger charge is -2.11. The van der Waals surface area contributed by atoms with Crippen molar-refractivity contribution in [1.29, 1.82) is 0 Å². The molecule has 1 heterocycles. The van der Waals surface area contributed by atoms with Crippen LogP contribution < -0.4 is 5.73 Å². The molecule has 0 aliphatic carbocycles. The van der Waals surface area contributed by atoms with E-state index in [4.69, 9.17) is 40.5 Å². The van der Waals surface area contributed by atoms with E-state index >= 15 is 0 Å². The van der Waals surface area contributed by atoms with E-state index in [1.54, 1.807) is 18.3 Å². The maximum Gasteiger partial charge on any atom is 0.0963 e. The molecular formula is C12H9Cl3N2. The molecule has 2 N–H and O–H groups in total. The van der Waals surface area contributed by atoms with Gasteiger partial charge < -0.3 is 5.73 Å². The Kier molecular flexibility index (Phi) is 3.48. The van der Waals surface area contributed by atoms with Crippen LogP contribution in [0.4, 0.5) is 5.69 Å². The molecule has 1 aromatic carbocycles. The quantitative estimate of drug-likeness (QED) is 0.832. The molecule has 2 nitrogen and oxygen atoms in total. The van der Waals surface area contributed by atoms with Crippen molar-refractivity contribution in [2.75, 3.05) is 5.73 Å². The minimum absolute atomic E-state index is 0.437. The van der Waals surface area contributed by atoms with Crippen molar-refractivity contribution in [1.82, 2.24) is 4.98 Å². The molecule has 5 heteroatoms. The molecule has 1 aromatic heterocycles. The van der Waals surface area contributed by atoms with E-state index in [1.165, 1.54) is 0 Å². The highest BCUT2D eigenvalue weighted by molar-refractivity contribution is 6.41. The van der Waals surface area contributed by atoms with Gasteiger partial charge in [-0.2, -0.15) is 0 Å². The lowest BCUT2D eigenvalue weighted by Crippen LogP contribution is -1.97. The van der Waals surface area contributed by atoms with Gasteiger partial charge in [-0.25, -0.2) is 0 Å². The molecule has 0 aliphatic heterocycles. The summed E-state index contributed by atoms with van der Waals surface area (Å²) in [5.41, 5.74) is 8.66. The van der Waals surface area contributed by atoms with Gasteiger partial charge in [0.25, 0.3) is 0 Å². The van der Waals surface area contributed by atoms with Crippen molar-refractivity contribution < 1.29 is 0 Å². The second-order valence-electron chi connectivity index (χ2n) is 3.63. The monoisotopic (exact) mass is 286 g/mol. The normalized spacial score (nSPS) is 10.6.